The molecule has 0 aromatic carbocycles. The smallest absolute Gasteiger partial charge is 0.353 e. The zero-order valence-corrected chi connectivity index (χ0v) is 10.2. The highest BCUT2D eigenvalue weighted by molar-refractivity contribution is 8.00. The fraction of sp³-hybridized carbons (Fsp3) is 0.600. The Hall–Kier alpha value is -1.05. The van der Waals surface area contributed by atoms with Gasteiger partial charge in [0, 0.05) is 18.0 Å². The van der Waals surface area contributed by atoms with E-state index < -0.39 is 5.69 Å². The predicted octanol–water partition coefficient (Wildman–Crippen LogP) is 0.222. The quantitative estimate of drug-likeness (QED) is 0.833. The first-order valence-corrected chi connectivity index (χ1v) is 6.39. The first-order chi connectivity index (χ1) is 8.24. The standard InChI is InChI=1S/C10H14N2O4S/c1-2-15-7-3-4-12(10(14)11-7)8-6-17-9(5-13)16-8/h3-4,8-9,13H,2,5-6H2,1H3. The van der Waals surface area contributed by atoms with Crippen LogP contribution in [0.3, 0.4) is 0 Å². The highest BCUT2D eigenvalue weighted by Crippen LogP contribution is 2.30. The van der Waals surface area contributed by atoms with Gasteiger partial charge in [0.05, 0.1) is 13.2 Å². The summed E-state index contributed by atoms with van der Waals surface area (Å²) < 4.78 is 12.0. The number of thioether (sulfide) groups is 1. The molecule has 2 unspecified atom stereocenters. The van der Waals surface area contributed by atoms with Gasteiger partial charge in [0.1, 0.15) is 11.7 Å². The summed E-state index contributed by atoms with van der Waals surface area (Å²) in [5.41, 5.74) is -0.668. The SMILES string of the molecule is CCOc1ccn(C2CSC(CO)O2)c(=O)n1. The molecule has 0 saturated carbocycles. The second-order valence-electron chi connectivity index (χ2n) is 3.42. The van der Waals surface area contributed by atoms with Crippen LogP contribution in [0.2, 0.25) is 0 Å². The first-order valence-electron chi connectivity index (χ1n) is 5.34. The zero-order valence-electron chi connectivity index (χ0n) is 9.41. The average molecular weight is 258 g/mol. The van der Waals surface area contributed by atoms with E-state index in [1.165, 1.54) is 16.3 Å². The fourth-order valence-electron chi connectivity index (χ4n) is 1.53. The van der Waals surface area contributed by atoms with E-state index in [1.54, 1.807) is 12.3 Å². The number of aliphatic hydroxyl groups excluding tert-OH is 1. The molecule has 1 N–H and O–H groups in total. The molecule has 2 atom stereocenters. The van der Waals surface area contributed by atoms with E-state index in [0.29, 0.717) is 18.2 Å². The van der Waals surface area contributed by atoms with E-state index in [9.17, 15) is 4.79 Å². The third-order valence-corrected chi connectivity index (χ3v) is 3.40. The highest BCUT2D eigenvalue weighted by Gasteiger charge is 2.27. The minimum atomic E-state index is -0.403. The maximum Gasteiger partial charge on any atom is 0.353 e. The predicted molar refractivity (Wildman–Crippen MR) is 63.1 cm³/mol. The summed E-state index contributed by atoms with van der Waals surface area (Å²) in [6.45, 7) is 2.25. The number of aliphatic hydroxyl groups is 1. The maximum absolute atomic E-state index is 11.7. The molecule has 0 aliphatic carbocycles. The number of aromatic nitrogens is 2. The molecule has 2 rings (SSSR count). The highest BCUT2D eigenvalue weighted by atomic mass is 32.2. The molecule has 2 heterocycles. The van der Waals surface area contributed by atoms with Crippen LogP contribution in [-0.2, 0) is 4.74 Å². The van der Waals surface area contributed by atoms with Gasteiger partial charge in [0.15, 0.2) is 0 Å². The molecule has 94 valence electrons. The van der Waals surface area contributed by atoms with E-state index >= 15 is 0 Å². The van der Waals surface area contributed by atoms with E-state index in [4.69, 9.17) is 14.6 Å². The summed E-state index contributed by atoms with van der Waals surface area (Å²) in [6.07, 6.45) is 1.23. The Balaban J connectivity index is 2.14. The molecule has 1 aromatic rings. The lowest BCUT2D eigenvalue weighted by atomic mass is 10.5. The van der Waals surface area contributed by atoms with Gasteiger partial charge in [-0.05, 0) is 6.92 Å². The summed E-state index contributed by atoms with van der Waals surface area (Å²) in [7, 11) is 0. The summed E-state index contributed by atoms with van der Waals surface area (Å²) >= 11 is 1.48. The van der Waals surface area contributed by atoms with E-state index in [0.717, 1.165) is 0 Å². The van der Waals surface area contributed by atoms with E-state index in [-0.39, 0.29) is 18.3 Å². The van der Waals surface area contributed by atoms with Gasteiger partial charge in [-0.15, -0.1) is 11.8 Å². The van der Waals surface area contributed by atoms with Crippen LogP contribution in [0.25, 0.3) is 0 Å². The molecule has 17 heavy (non-hydrogen) atoms. The number of ether oxygens (including phenoxy) is 2. The van der Waals surface area contributed by atoms with Crippen LogP contribution in [0.4, 0.5) is 0 Å². The lowest BCUT2D eigenvalue weighted by molar-refractivity contribution is -0.00650. The first kappa shape index (κ1) is 12.4. The van der Waals surface area contributed by atoms with Crippen LogP contribution in [0.15, 0.2) is 17.1 Å². The molecule has 0 spiro atoms. The van der Waals surface area contributed by atoms with E-state index in [2.05, 4.69) is 4.98 Å². The average Bonchev–Trinajstić information content (AvgIpc) is 2.78. The minimum Gasteiger partial charge on any atom is -0.478 e. The van der Waals surface area contributed by atoms with Gasteiger partial charge in [0.2, 0.25) is 5.88 Å². The number of nitrogens with zero attached hydrogens (tertiary/aromatic N) is 2. The van der Waals surface area contributed by atoms with Crippen LogP contribution < -0.4 is 10.4 Å². The van der Waals surface area contributed by atoms with Gasteiger partial charge < -0.3 is 14.6 Å². The van der Waals surface area contributed by atoms with Crippen molar-refractivity contribution in [1.29, 1.82) is 0 Å². The largest absolute Gasteiger partial charge is 0.478 e. The summed E-state index contributed by atoms with van der Waals surface area (Å²) in [5, 5.41) is 8.95. The molecule has 1 aliphatic heterocycles. The lowest BCUT2D eigenvalue weighted by Gasteiger charge is -2.13. The van der Waals surface area contributed by atoms with Crippen LogP contribution in [-0.4, -0.2) is 39.1 Å². The second kappa shape index (κ2) is 5.52. The molecule has 0 radical (unpaired) electrons. The van der Waals surface area contributed by atoms with Gasteiger partial charge in [-0.3, -0.25) is 4.57 Å². The van der Waals surface area contributed by atoms with Crippen molar-refractivity contribution in [2.45, 2.75) is 18.6 Å². The molecule has 7 heteroatoms. The number of rotatable bonds is 4. The fourth-order valence-corrected chi connectivity index (χ4v) is 2.46. The maximum atomic E-state index is 11.7. The molecule has 1 aromatic heterocycles. The molecule has 0 bridgehead atoms. The van der Waals surface area contributed by atoms with Gasteiger partial charge in [-0.1, -0.05) is 0 Å². The van der Waals surface area contributed by atoms with Crippen molar-refractivity contribution in [3.05, 3.63) is 22.7 Å². The molecular weight excluding hydrogens is 244 g/mol. The van der Waals surface area contributed by atoms with Gasteiger partial charge in [0.25, 0.3) is 0 Å². The summed E-state index contributed by atoms with van der Waals surface area (Å²) in [4.78, 5) is 15.5. The van der Waals surface area contributed by atoms with Crippen LogP contribution in [0.5, 0.6) is 5.88 Å². The van der Waals surface area contributed by atoms with Crippen molar-refractivity contribution in [2.24, 2.45) is 0 Å². The lowest BCUT2D eigenvalue weighted by Crippen LogP contribution is -2.28. The number of hydrogen-bond acceptors (Lipinski definition) is 6. The van der Waals surface area contributed by atoms with Crippen molar-refractivity contribution in [3.8, 4) is 5.88 Å². The monoisotopic (exact) mass is 258 g/mol. The van der Waals surface area contributed by atoms with Crippen molar-refractivity contribution in [2.75, 3.05) is 19.0 Å². The molecule has 1 aliphatic rings. The van der Waals surface area contributed by atoms with Gasteiger partial charge in [-0.2, -0.15) is 4.98 Å². The summed E-state index contributed by atoms with van der Waals surface area (Å²) in [6, 6.07) is 1.63. The Morgan fingerprint density at radius 2 is 2.59 bits per heavy atom. The zero-order chi connectivity index (χ0) is 12.3. The Kier molecular flexibility index (Phi) is 4.03. The molecule has 0 amide bonds. The molecule has 1 fully saturated rings. The van der Waals surface area contributed by atoms with Crippen LogP contribution in [0.1, 0.15) is 13.2 Å². The molecule has 1 saturated heterocycles. The van der Waals surface area contributed by atoms with Crippen LogP contribution in [0, 0.1) is 0 Å². The molecular formula is C10H14N2O4S. The third-order valence-electron chi connectivity index (χ3n) is 2.29. The Bertz CT molecular complexity index is 437. The normalized spacial score (nSPS) is 23.9. The Morgan fingerprint density at radius 3 is 3.18 bits per heavy atom. The van der Waals surface area contributed by atoms with Crippen molar-refractivity contribution in [1.82, 2.24) is 9.55 Å². The van der Waals surface area contributed by atoms with E-state index in [1.807, 2.05) is 6.92 Å². The topological polar surface area (TPSA) is 73.6 Å². The van der Waals surface area contributed by atoms with Crippen molar-refractivity contribution < 1.29 is 14.6 Å². The van der Waals surface area contributed by atoms with Crippen molar-refractivity contribution in [3.63, 3.8) is 0 Å². The van der Waals surface area contributed by atoms with Gasteiger partial charge in [-0.25, -0.2) is 4.79 Å². The van der Waals surface area contributed by atoms with Crippen LogP contribution >= 0.6 is 11.8 Å². The Labute approximate surface area is 103 Å². The number of hydrogen-bond donors (Lipinski definition) is 1. The summed E-state index contributed by atoms with van der Waals surface area (Å²) in [5.74, 6) is 0.943. The van der Waals surface area contributed by atoms with Crippen molar-refractivity contribution >= 4 is 11.8 Å². The minimum absolute atomic E-state index is 0.0552. The third kappa shape index (κ3) is 2.80. The molecule has 6 nitrogen and oxygen atoms in total. The Morgan fingerprint density at radius 1 is 1.76 bits per heavy atom. The van der Waals surface area contributed by atoms with Gasteiger partial charge >= 0.3 is 5.69 Å². The second-order valence-corrected chi connectivity index (χ2v) is 4.62.